The number of fused-ring (bicyclic) bond motifs is 1. The second kappa shape index (κ2) is 8.31. The number of aromatic nitrogens is 1. The molecule has 0 aliphatic rings. The minimum atomic E-state index is -0.530. The van der Waals surface area contributed by atoms with Crippen molar-refractivity contribution < 1.29 is 13.6 Å². The van der Waals surface area contributed by atoms with Crippen molar-refractivity contribution in [3.05, 3.63) is 47.3 Å². The predicted octanol–water partition coefficient (Wildman–Crippen LogP) is 4.12. The molecule has 3 rings (SSSR count). The molecule has 0 aliphatic heterocycles. The van der Waals surface area contributed by atoms with E-state index in [4.69, 9.17) is 4.42 Å². The highest BCUT2D eigenvalue weighted by Crippen LogP contribution is 2.37. The molecule has 0 fully saturated rings. The zero-order chi connectivity index (χ0) is 21.1. The van der Waals surface area contributed by atoms with Gasteiger partial charge in [-0.25, -0.2) is 4.39 Å². The van der Waals surface area contributed by atoms with Gasteiger partial charge in [0.1, 0.15) is 11.6 Å². The van der Waals surface area contributed by atoms with Gasteiger partial charge in [-0.3, -0.25) is 4.79 Å². The highest BCUT2D eigenvalue weighted by molar-refractivity contribution is 5.90. The standard InChI is InChI=1S/C22H23FN4O2/c1-14-16(13-24)20-21(19(23)18(14)15-9-6-5-7-10-15)29-22(25-20)27(4)12-8-11-17(28)26(2)3/h5-7,9-10H,8,11-12H2,1-4H3. The van der Waals surface area contributed by atoms with E-state index in [-0.39, 0.29) is 23.0 Å². The smallest absolute Gasteiger partial charge is 0.298 e. The second-order valence-corrected chi connectivity index (χ2v) is 7.15. The molecule has 0 aliphatic carbocycles. The van der Waals surface area contributed by atoms with Crippen LogP contribution in [-0.2, 0) is 4.79 Å². The number of hydrogen-bond acceptors (Lipinski definition) is 5. The van der Waals surface area contributed by atoms with Crippen LogP contribution in [0.1, 0.15) is 24.0 Å². The lowest BCUT2D eigenvalue weighted by Crippen LogP contribution is -2.24. The van der Waals surface area contributed by atoms with Crippen LogP contribution in [0, 0.1) is 24.1 Å². The zero-order valence-corrected chi connectivity index (χ0v) is 17.0. The van der Waals surface area contributed by atoms with Crippen molar-refractivity contribution in [2.45, 2.75) is 19.8 Å². The van der Waals surface area contributed by atoms with Gasteiger partial charge in [-0.05, 0) is 24.5 Å². The van der Waals surface area contributed by atoms with Crippen molar-refractivity contribution in [3.63, 3.8) is 0 Å². The number of amides is 1. The number of anilines is 1. The Morgan fingerprint density at radius 1 is 1.24 bits per heavy atom. The quantitative estimate of drug-likeness (QED) is 0.629. The van der Waals surface area contributed by atoms with E-state index in [0.717, 1.165) is 0 Å². The summed E-state index contributed by atoms with van der Waals surface area (Å²) < 4.78 is 21.1. The van der Waals surface area contributed by atoms with Gasteiger partial charge in [0.15, 0.2) is 11.4 Å². The molecule has 7 heteroatoms. The van der Waals surface area contributed by atoms with E-state index in [1.165, 1.54) is 0 Å². The van der Waals surface area contributed by atoms with Crippen molar-refractivity contribution >= 4 is 23.0 Å². The SMILES string of the molecule is Cc1c(-c2ccccc2)c(F)c2oc(N(C)CCCC(=O)N(C)C)nc2c1C#N. The van der Waals surface area contributed by atoms with Gasteiger partial charge in [0.05, 0.1) is 5.56 Å². The Hall–Kier alpha value is -3.40. The minimum absolute atomic E-state index is 0.0304. The van der Waals surface area contributed by atoms with E-state index in [1.54, 1.807) is 50.0 Å². The van der Waals surface area contributed by atoms with Crippen molar-refractivity contribution in [1.29, 1.82) is 5.26 Å². The summed E-state index contributed by atoms with van der Waals surface area (Å²) in [6.07, 6.45) is 1.00. The number of carbonyl (C=O) groups is 1. The Kier molecular flexibility index (Phi) is 5.83. The van der Waals surface area contributed by atoms with Gasteiger partial charge in [-0.1, -0.05) is 30.3 Å². The Morgan fingerprint density at radius 3 is 2.55 bits per heavy atom. The number of halogens is 1. The number of benzene rings is 2. The monoisotopic (exact) mass is 394 g/mol. The number of carbonyl (C=O) groups excluding carboxylic acids is 1. The number of nitrogens with zero attached hydrogens (tertiary/aromatic N) is 4. The average Bonchev–Trinajstić information content (AvgIpc) is 3.14. The molecular formula is C22H23FN4O2. The number of nitriles is 1. The molecule has 3 aromatic rings. The van der Waals surface area contributed by atoms with Gasteiger partial charge < -0.3 is 14.2 Å². The van der Waals surface area contributed by atoms with Crippen molar-refractivity contribution in [2.24, 2.45) is 0 Å². The second-order valence-electron chi connectivity index (χ2n) is 7.15. The van der Waals surface area contributed by atoms with Crippen LogP contribution in [0.15, 0.2) is 34.7 Å². The van der Waals surface area contributed by atoms with Crippen molar-refractivity contribution in [3.8, 4) is 17.2 Å². The van der Waals surface area contributed by atoms with Crippen LogP contribution in [0.4, 0.5) is 10.4 Å². The van der Waals surface area contributed by atoms with Gasteiger partial charge in [0, 0.05) is 39.7 Å². The van der Waals surface area contributed by atoms with Crippen LogP contribution in [-0.4, -0.2) is 43.5 Å². The van der Waals surface area contributed by atoms with Gasteiger partial charge in [-0.2, -0.15) is 10.2 Å². The molecule has 0 bridgehead atoms. The van der Waals surface area contributed by atoms with Crippen molar-refractivity contribution in [1.82, 2.24) is 9.88 Å². The Bertz CT molecular complexity index is 1080. The predicted molar refractivity (Wildman–Crippen MR) is 110 cm³/mol. The summed E-state index contributed by atoms with van der Waals surface area (Å²) in [5.74, 6) is -0.491. The lowest BCUT2D eigenvalue weighted by atomic mass is 9.95. The first-order chi connectivity index (χ1) is 13.8. The molecule has 6 nitrogen and oxygen atoms in total. The molecule has 0 saturated heterocycles. The first-order valence-corrected chi connectivity index (χ1v) is 9.34. The Balaban J connectivity index is 1.98. The maximum absolute atomic E-state index is 15.3. The molecule has 2 aromatic carbocycles. The average molecular weight is 394 g/mol. The minimum Gasteiger partial charge on any atom is -0.420 e. The summed E-state index contributed by atoms with van der Waals surface area (Å²) in [5.41, 5.74) is 2.03. The van der Waals surface area contributed by atoms with Crippen LogP contribution in [0.5, 0.6) is 0 Å². The maximum atomic E-state index is 15.3. The van der Waals surface area contributed by atoms with Gasteiger partial charge in [0.2, 0.25) is 5.91 Å². The topological polar surface area (TPSA) is 73.4 Å². The molecule has 0 unspecified atom stereocenters. The molecule has 150 valence electrons. The normalized spacial score (nSPS) is 10.8. The molecule has 29 heavy (non-hydrogen) atoms. The van der Waals surface area contributed by atoms with Gasteiger partial charge in [0.25, 0.3) is 6.01 Å². The van der Waals surface area contributed by atoms with Crippen molar-refractivity contribution in [2.75, 3.05) is 32.6 Å². The summed E-state index contributed by atoms with van der Waals surface area (Å²) in [6, 6.07) is 11.4. The van der Waals surface area contributed by atoms with Gasteiger partial charge >= 0.3 is 0 Å². The van der Waals surface area contributed by atoms with Crippen LogP contribution >= 0.6 is 0 Å². The number of hydrogen-bond donors (Lipinski definition) is 0. The Morgan fingerprint density at radius 2 is 1.93 bits per heavy atom. The first kappa shape index (κ1) is 20.3. The van der Waals surface area contributed by atoms with E-state index in [1.807, 2.05) is 18.2 Å². The molecule has 1 aromatic heterocycles. The summed E-state index contributed by atoms with van der Waals surface area (Å²) in [6.45, 7) is 2.23. The molecule has 0 radical (unpaired) electrons. The maximum Gasteiger partial charge on any atom is 0.298 e. The van der Waals surface area contributed by atoms with E-state index in [9.17, 15) is 10.1 Å². The highest BCUT2D eigenvalue weighted by Gasteiger charge is 2.24. The van der Waals surface area contributed by atoms with Crippen LogP contribution in [0.25, 0.3) is 22.2 Å². The largest absolute Gasteiger partial charge is 0.420 e. The molecule has 1 amide bonds. The molecule has 0 spiro atoms. The third kappa shape index (κ3) is 3.92. The number of oxazole rings is 1. The molecule has 0 N–H and O–H groups in total. The van der Waals surface area contributed by atoms with Crippen LogP contribution in [0.3, 0.4) is 0 Å². The number of rotatable bonds is 6. The Labute approximate surface area is 169 Å². The molecular weight excluding hydrogens is 371 g/mol. The van der Waals surface area contributed by atoms with E-state index >= 15 is 4.39 Å². The first-order valence-electron chi connectivity index (χ1n) is 9.34. The lowest BCUT2D eigenvalue weighted by molar-refractivity contribution is -0.128. The van der Waals surface area contributed by atoms with Crippen LogP contribution in [0.2, 0.25) is 0 Å². The van der Waals surface area contributed by atoms with Gasteiger partial charge in [-0.15, -0.1) is 0 Å². The summed E-state index contributed by atoms with van der Waals surface area (Å²) in [7, 11) is 5.19. The van der Waals surface area contributed by atoms with Crippen LogP contribution < -0.4 is 4.90 Å². The third-order valence-corrected chi connectivity index (χ3v) is 4.91. The fraction of sp³-hybridized carbons (Fsp3) is 0.318. The summed E-state index contributed by atoms with van der Waals surface area (Å²) >= 11 is 0. The summed E-state index contributed by atoms with van der Waals surface area (Å²) in [5, 5.41) is 9.67. The lowest BCUT2D eigenvalue weighted by Gasteiger charge is -2.15. The molecule has 0 saturated carbocycles. The highest BCUT2D eigenvalue weighted by atomic mass is 19.1. The third-order valence-electron chi connectivity index (χ3n) is 4.91. The fourth-order valence-electron chi connectivity index (χ4n) is 3.24. The molecule has 0 atom stereocenters. The van der Waals surface area contributed by atoms with E-state index in [2.05, 4.69) is 11.1 Å². The fourth-order valence-corrected chi connectivity index (χ4v) is 3.24. The molecule has 1 heterocycles. The van der Waals surface area contributed by atoms with E-state index < -0.39 is 5.82 Å². The summed E-state index contributed by atoms with van der Waals surface area (Å²) in [4.78, 5) is 19.4. The zero-order valence-electron chi connectivity index (χ0n) is 17.0. The van der Waals surface area contributed by atoms with E-state index in [0.29, 0.717) is 41.6 Å².